The standard InChI is InChI=1S/C16H30N2O/c1-14-6-8-15(9-7-14)17(2)13-10-16(19)18-11-4-3-5-12-18/h14-15H,3-13H2,1-2H3. The largest absolute Gasteiger partial charge is 0.343 e. The maximum atomic E-state index is 12.1. The first-order chi connectivity index (χ1) is 9.16. The monoisotopic (exact) mass is 266 g/mol. The lowest BCUT2D eigenvalue weighted by Gasteiger charge is -2.34. The number of likely N-dealkylation sites (tertiary alicyclic amines) is 1. The topological polar surface area (TPSA) is 23.6 Å². The second-order valence-electron chi connectivity index (χ2n) is 6.59. The van der Waals surface area contributed by atoms with Gasteiger partial charge in [0, 0.05) is 32.1 Å². The molecule has 0 aromatic rings. The van der Waals surface area contributed by atoms with Gasteiger partial charge in [0.25, 0.3) is 0 Å². The van der Waals surface area contributed by atoms with Gasteiger partial charge in [-0.15, -0.1) is 0 Å². The van der Waals surface area contributed by atoms with Gasteiger partial charge < -0.3 is 9.80 Å². The van der Waals surface area contributed by atoms with E-state index in [0.717, 1.165) is 25.6 Å². The molecule has 1 aliphatic carbocycles. The highest BCUT2D eigenvalue weighted by Crippen LogP contribution is 2.26. The summed E-state index contributed by atoms with van der Waals surface area (Å²) in [5.74, 6) is 1.27. The van der Waals surface area contributed by atoms with Gasteiger partial charge >= 0.3 is 0 Å². The number of nitrogens with zero attached hydrogens (tertiary/aromatic N) is 2. The normalized spacial score (nSPS) is 28.7. The Morgan fingerprint density at radius 2 is 1.74 bits per heavy atom. The van der Waals surface area contributed by atoms with E-state index in [1.165, 1.54) is 44.9 Å². The molecule has 0 spiro atoms. The summed E-state index contributed by atoms with van der Waals surface area (Å²) in [5, 5.41) is 0. The van der Waals surface area contributed by atoms with E-state index in [9.17, 15) is 4.79 Å². The molecule has 0 aromatic heterocycles. The van der Waals surface area contributed by atoms with Gasteiger partial charge in [0.15, 0.2) is 0 Å². The van der Waals surface area contributed by atoms with E-state index in [-0.39, 0.29) is 0 Å². The summed E-state index contributed by atoms with van der Waals surface area (Å²) in [4.78, 5) is 16.6. The molecule has 1 amide bonds. The second-order valence-corrected chi connectivity index (χ2v) is 6.59. The maximum absolute atomic E-state index is 12.1. The smallest absolute Gasteiger partial charge is 0.223 e. The molecule has 3 heteroatoms. The van der Waals surface area contributed by atoms with E-state index >= 15 is 0 Å². The third-order valence-electron chi connectivity index (χ3n) is 5.00. The predicted octanol–water partition coefficient (Wildman–Crippen LogP) is 2.90. The molecule has 0 aromatic carbocycles. The molecule has 1 saturated heterocycles. The van der Waals surface area contributed by atoms with E-state index < -0.39 is 0 Å². The molecule has 110 valence electrons. The number of piperidine rings is 1. The minimum atomic E-state index is 0.371. The van der Waals surface area contributed by atoms with Gasteiger partial charge in [-0.1, -0.05) is 6.92 Å². The Morgan fingerprint density at radius 3 is 2.37 bits per heavy atom. The molecular weight excluding hydrogens is 236 g/mol. The van der Waals surface area contributed by atoms with Crippen molar-refractivity contribution >= 4 is 5.91 Å². The Bertz CT molecular complexity index is 278. The van der Waals surface area contributed by atoms with E-state index in [1.807, 2.05) is 0 Å². The fraction of sp³-hybridized carbons (Fsp3) is 0.938. The van der Waals surface area contributed by atoms with Gasteiger partial charge in [-0.25, -0.2) is 0 Å². The molecule has 19 heavy (non-hydrogen) atoms. The van der Waals surface area contributed by atoms with Crippen LogP contribution >= 0.6 is 0 Å². The van der Waals surface area contributed by atoms with E-state index in [4.69, 9.17) is 0 Å². The summed E-state index contributed by atoms with van der Waals surface area (Å²) in [6.45, 7) is 5.28. The van der Waals surface area contributed by atoms with Gasteiger partial charge in [0.2, 0.25) is 5.91 Å². The molecular formula is C16H30N2O. The molecule has 0 bridgehead atoms. The molecule has 1 heterocycles. The van der Waals surface area contributed by atoms with Crippen molar-refractivity contribution in [1.29, 1.82) is 0 Å². The van der Waals surface area contributed by atoms with Crippen molar-refractivity contribution in [2.24, 2.45) is 5.92 Å². The van der Waals surface area contributed by atoms with Crippen molar-refractivity contribution in [3.63, 3.8) is 0 Å². The number of hydrogen-bond acceptors (Lipinski definition) is 2. The van der Waals surface area contributed by atoms with Crippen LogP contribution in [0.5, 0.6) is 0 Å². The van der Waals surface area contributed by atoms with Gasteiger partial charge in [-0.3, -0.25) is 4.79 Å². The first kappa shape index (κ1) is 14.8. The number of rotatable bonds is 4. The molecule has 0 atom stereocenters. The quantitative estimate of drug-likeness (QED) is 0.781. The first-order valence-corrected chi connectivity index (χ1v) is 8.15. The maximum Gasteiger partial charge on any atom is 0.223 e. The third kappa shape index (κ3) is 4.48. The minimum absolute atomic E-state index is 0.371. The van der Waals surface area contributed by atoms with Crippen molar-refractivity contribution in [2.75, 3.05) is 26.7 Å². The Kier molecular flexibility index (Phi) is 5.68. The summed E-state index contributed by atoms with van der Waals surface area (Å²) in [6.07, 6.45) is 9.74. The predicted molar refractivity (Wildman–Crippen MR) is 79.1 cm³/mol. The molecule has 2 fully saturated rings. The van der Waals surface area contributed by atoms with Crippen LogP contribution in [-0.2, 0) is 4.79 Å². The van der Waals surface area contributed by atoms with Crippen LogP contribution in [0, 0.1) is 5.92 Å². The van der Waals surface area contributed by atoms with Crippen LogP contribution in [0.2, 0.25) is 0 Å². The zero-order chi connectivity index (χ0) is 13.7. The zero-order valence-corrected chi connectivity index (χ0v) is 12.7. The van der Waals surface area contributed by atoms with Crippen LogP contribution in [0.1, 0.15) is 58.3 Å². The van der Waals surface area contributed by atoms with Crippen LogP contribution in [0.25, 0.3) is 0 Å². The van der Waals surface area contributed by atoms with Crippen LogP contribution < -0.4 is 0 Å². The lowest BCUT2D eigenvalue weighted by Crippen LogP contribution is -2.40. The van der Waals surface area contributed by atoms with Crippen LogP contribution in [0.15, 0.2) is 0 Å². The number of hydrogen-bond donors (Lipinski definition) is 0. The second kappa shape index (κ2) is 7.28. The number of carbonyl (C=O) groups is 1. The Labute approximate surface area is 118 Å². The number of carbonyl (C=O) groups excluding carboxylic acids is 1. The van der Waals surface area contributed by atoms with Crippen molar-refractivity contribution in [1.82, 2.24) is 9.80 Å². The van der Waals surface area contributed by atoms with E-state index in [0.29, 0.717) is 18.4 Å². The van der Waals surface area contributed by atoms with E-state index in [2.05, 4.69) is 23.8 Å². The van der Waals surface area contributed by atoms with Gasteiger partial charge in [-0.2, -0.15) is 0 Å². The molecule has 2 aliphatic rings. The lowest BCUT2D eigenvalue weighted by atomic mass is 9.87. The summed E-state index contributed by atoms with van der Waals surface area (Å²) < 4.78 is 0. The molecule has 3 nitrogen and oxygen atoms in total. The average molecular weight is 266 g/mol. The van der Waals surface area contributed by atoms with Crippen LogP contribution in [-0.4, -0.2) is 48.4 Å². The minimum Gasteiger partial charge on any atom is -0.343 e. The van der Waals surface area contributed by atoms with Crippen LogP contribution in [0.3, 0.4) is 0 Å². The summed E-state index contributed by atoms with van der Waals surface area (Å²) in [5.41, 5.74) is 0. The van der Waals surface area contributed by atoms with Crippen LogP contribution in [0.4, 0.5) is 0 Å². The third-order valence-corrected chi connectivity index (χ3v) is 5.00. The fourth-order valence-corrected chi connectivity index (χ4v) is 3.44. The van der Waals surface area contributed by atoms with Crippen molar-refractivity contribution in [3.05, 3.63) is 0 Å². The fourth-order valence-electron chi connectivity index (χ4n) is 3.44. The molecule has 0 N–H and O–H groups in total. The lowest BCUT2D eigenvalue weighted by molar-refractivity contribution is -0.132. The van der Waals surface area contributed by atoms with Gasteiger partial charge in [0.1, 0.15) is 0 Å². The summed E-state index contributed by atoms with van der Waals surface area (Å²) in [6, 6.07) is 0.713. The first-order valence-electron chi connectivity index (χ1n) is 8.15. The van der Waals surface area contributed by atoms with Gasteiger partial charge in [0.05, 0.1) is 0 Å². The zero-order valence-electron chi connectivity index (χ0n) is 12.7. The highest BCUT2D eigenvalue weighted by molar-refractivity contribution is 5.76. The molecule has 0 unspecified atom stereocenters. The summed E-state index contributed by atoms with van der Waals surface area (Å²) in [7, 11) is 2.20. The Balaban J connectivity index is 1.67. The summed E-state index contributed by atoms with van der Waals surface area (Å²) >= 11 is 0. The highest BCUT2D eigenvalue weighted by atomic mass is 16.2. The average Bonchev–Trinajstić information content (AvgIpc) is 2.46. The van der Waals surface area contributed by atoms with Crippen molar-refractivity contribution in [2.45, 2.75) is 64.3 Å². The molecule has 0 radical (unpaired) electrons. The highest BCUT2D eigenvalue weighted by Gasteiger charge is 2.23. The Morgan fingerprint density at radius 1 is 1.11 bits per heavy atom. The SMILES string of the molecule is CC1CCC(N(C)CCC(=O)N2CCCCC2)CC1. The Hall–Kier alpha value is -0.570. The number of amides is 1. The molecule has 1 aliphatic heterocycles. The molecule has 2 rings (SSSR count). The van der Waals surface area contributed by atoms with Gasteiger partial charge in [-0.05, 0) is 57.9 Å². The van der Waals surface area contributed by atoms with Crippen molar-refractivity contribution in [3.8, 4) is 0 Å². The van der Waals surface area contributed by atoms with E-state index in [1.54, 1.807) is 0 Å². The molecule has 1 saturated carbocycles. The van der Waals surface area contributed by atoms with Crippen molar-refractivity contribution < 1.29 is 4.79 Å².